The first-order chi connectivity index (χ1) is 18.9. The maximum Gasteiger partial charge on any atom is 0.261 e. The van der Waals surface area contributed by atoms with Gasteiger partial charge in [-0.25, -0.2) is 4.68 Å². The third-order valence-electron chi connectivity index (χ3n) is 6.85. The molecular weight excluding hydrogens is 490 g/mol. The van der Waals surface area contributed by atoms with Crippen LogP contribution in [0.3, 0.4) is 0 Å². The molecule has 39 heavy (non-hydrogen) atoms. The molecule has 3 N–H and O–H groups in total. The van der Waals surface area contributed by atoms with E-state index in [0.717, 1.165) is 17.5 Å². The van der Waals surface area contributed by atoms with Crippen molar-refractivity contribution in [2.24, 2.45) is 0 Å². The third-order valence-corrected chi connectivity index (χ3v) is 6.85. The van der Waals surface area contributed by atoms with Gasteiger partial charge in [-0.2, -0.15) is 5.10 Å². The quantitative estimate of drug-likeness (QED) is 0.280. The molecule has 4 aromatic rings. The summed E-state index contributed by atoms with van der Waals surface area (Å²) < 4.78 is 7.14. The van der Waals surface area contributed by atoms with E-state index in [9.17, 15) is 9.59 Å². The lowest BCUT2D eigenvalue weighted by atomic mass is 9.93. The number of fused-ring (bicyclic) bond motifs is 1. The number of aromatic nitrogens is 2. The van der Waals surface area contributed by atoms with Crippen molar-refractivity contribution in [1.29, 1.82) is 0 Å². The first kappa shape index (κ1) is 25.8. The number of ether oxygens (including phenoxy) is 1. The number of nitrogens with zero attached hydrogens (tertiary/aromatic N) is 2. The van der Waals surface area contributed by atoms with Crippen molar-refractivity contribution in [2.45, 2.75) is 33.2 Å². The first-order valence-electron chi connectivity index (χ1n) is 12.9. The summed E-state index contributed by atoms with van der Waals surface area (Å²) in [6, 6.07) is 22.5. The Kier molecular flexibility index (Phi) is 7.19. The van der Waals surface area contributed by atoms with Gasteiger partial charge in [-0.1, -0.05) is 55.5 Å². The Morgan fingerprint density at radius 1 is 0.974 bits per heavy atom. The molecule has 1 unspecified atom stereocenters. The van der Waals surface area contributed by atoms with Crippen LogP contribution >= 0.6 is 0 Å². The van der Waals surface area contributed by atoms with Gasteiger partial charge < -0.3 is 20.7 Å². The van der Waals surface area contributed by atoms with Crippen LogP contribution < -0.4 is 20.7 Å². The van der Waals surface area contributed by atoms with Crippen LogP contribution in [0.4, 0.5) is 17.2 Å². The van der Waals surface area contributed by atoms with Crippen molar-refractivity contribution in [3.05, 3.63) is 113 Å². The van der Waals surface area contributed by atoms with E-state index in [4.69, 9.17) is 4.74 Å². The second-order valence-corrected chi connectivity index (χ2v) is 9.49. The lowest BCUT2D eigenvalue weighted by molar-refractivity contribution is -0.113. The van der Waals surface area contributed by atoms with Crippen LogP contribution in [-0.2, 0) is 11.2 Å². The molecule has 0 aliphatic carbocycles. The van der Waals surface area contributed by atoms with Gasteiger partial charge in [0.05, 0.1) is 24.6 Å². The van der Waals surface area contributed by atoms with E-state index in [2.05, 4.69) is 40.1 Å². The molecule has 0 saturated heterocycles. The molecule has 1 atom stereocenters. The Balaban J connectivity index is 1.55. The highest BCUT2D eigenvalue weighted by atomic mass is 16.5. The van der Waals surface area contributed by atoms with Gasteiger partial charge in [0, 0.05) is 11.4 Å². The lowest BCUT2D eigenvalue weighted by Crippen LogP contribution is -2.32. The van der Waals surface area contributed by atoms with Crippen LogP contribution in [0.5, 0.6) is 5.75 Å². The fraction of sp³-hybridized carbons (Fsp3) is 0.194. The smallest absolute Gasteiger partial charge is 0.261 e. The number of carbonyl (C=O) groups excluding carboxylic acids is 2. The molecule has 0 radical (unpaired) electrons. The fourth-order valence-electron chi connectivity index (χ4n) is 4.82. The average Bonchev–Trinajstić information content (AvgIpc) is 3.36. The third kappa shape index (κ3) is 5.13. The molecule has 5 rings (SSSR count). The number of rotatable bonds is 7. The maximum absolute atomic E-state index is 13.8. The van der Waals surface area contributed by atoms with Crippen molar-refractivity contribution >= 4 is 29.0 Å². The number of para-hydroxylation sites is 2. The highest BCUT2D eigenvalue weighted by molar-refractivity contribution is 6.09. The van der Waals surface area contributed by atoms with E-state index in [1.165, 1.54) is 11.8 Å². The normalized spacial score (nSPS) is 14.3. The number of hydrogen-bond donors (Lipinski definition) is 3. The van der Waals surface area contributed by atoms with Crippen LogP contribution in [0.25, 0.3) is 0 Å². The molecule has 8 heteroatoms. The molecule has 198 valence electrons. The number of allylic oxidation sites excluding steroid dienone is 1. The van der Waals surface area contributed by atoms with Crippen molar-refractivity contribution in [3.63, 3.8) is 0 Å². The van der Waals surface area contributed by atoms with Gasteiger partial charge in [0.1, 0.15) is 23.2 Å². The number of carbonyl (C=O) groups is 2. The summed E-state index contributed by atoms with van der Waals surface area (Å²) in [5, 5.41) is 13.8. The van der Waals surface area contributed by atoms with Crippen LogP contribution in [0.1, 0.15) is 46.9 Å². The molecule has 0 spiro atoms. The summed E-state index contributed by atoms with van der Waals surface area (Å²) in [5.74, 6) is 0.507. The van der Waals surface area contributed by atoms with Crippen molar-refractivity contribution in [3.8, 4) is 5.75 Å². The van der Waals surface area contributed by atoms with Gasteiger partial charge in [-0.15, -0.1) is 0 Å². The standard InChI is InChI=1S/C31H31N5O3/c1-5-21-13-15-22(16-14-21)28-27(31(38)35-25-11-6-7-12-26(25)39-4)20(3)33-29-24(18-32-36(28)29)30(37)34-23-10-8-9-19(2)17-23/h6-18,28,33H,5H2,1-4H3,(H,34,37)(H,35,38). The number of aryl methyl sites for hydroxylation is 2. The number of hydrogen-bond acceptors (Lipinski definition) is 5. The van der Waals surface area contributed by atoms with Crippen LogP contribution in [0, 0.1) is 6.92 Å². The Morgan fingerprint density at radius 3 is 2.46 bits per heavy atom. The summed E-state index contributed by atoms with van der Waals surface area (Å²) in [7, 11) is 1.56. The Morgan fingerprint density at radius 2 is 1.74 bits per heavy atom. The second-order valence-electron chi connectivity index (χ2n) is 9.49. The second kappa shape index (κ2) is 10.9. The summed E-state index contributed by atoms with van der Waals surface area (Å²) >= 11 is 0. The zero-order valence-electron chi connectivity index (χ0n) is 22.4. The largest absolute Gasteiger partial charge is 0.495 e. The molecule has 1 aromatic heterocycles. The van der Waals surface area contributed by atoms with E-state index in [1.807, 2.05) is 62.4 Å². The SMILES string of the molecule is CCc1ccc(C2C(C(=O)Nc3ccccc3OC)=C(C)Nc3c(C(=O)Nc4cccc(C)c4)cnn32)cc1. The van der Waals surface area contributed by atoms with E-state index in [-0.39, 0.29) is 11.8 Å². The van der Waals surface area contributed by atoms with E-state index < -0.39 is 6.04 Å². The number of methoxy groups -OCH3 is 1. The summed E-state index contributed by atoms with van der Waals surface area (Å²) in [6.07, 6.45) is 2.44. The molecule has 2 heterocycles. The molecular formula is C31H31N5O3. The van der Waals surface area contributed by atoms with Crippen LogP contribution in [-0.4, -0.2) is 28.7 Å². The highest BCUT2D eigenvalue weighted by Gasteiger charge is 2.35. The molecule has 2 amide bonds. The Bertz CT molecular complexity index is 1570. The predicted molar refractivity (Wildman–Crippen MR) is 153 cm³/mol. The maximum atomic E-state index is 13.8. The van der Waals surface area contributed by atoms with E-state index in [1.54, 1.807) is 23.9 Å². The van der Waals surface area contributed by atoms with Crippen molar-refractivity contribution in [1.82, 2.24) is 9.78 Å². The van der Waals surface area contributed by atoms with Crippen molar-refractivity contribution in [2.75, 3.05) is 23.1 Å². The summed E-state index contributed by atoms with van der Waals surface area (Å²) in [5.41, 5.74) is 5.89. The summed E-state index contributed by atoms with van der Waals surface area (Å²) in [4.78, 5) is 27.1. The van der Waals surface area contributed by atoms with Gasteiger partial charge in [0.2, 0.25) is 0 Å². The first-order valence-corrected chi connectivity index (χ1v) is 12.9. The van der Waals surface area contributed by atoms with Gasteiger partial charge in [-0.05, 0) is 61.2 Å². The zero-order chi connectivity index (χ0) is 27.5. The average molecular weight is 522 g/mol. The van der Waals surface area contributed by atoms with Crippen molar-refractivity contribution < 1.29 is 14.3 Å². The van der Waals surface area contributed by atoms with Crippen LogP contribution in [0.15, 0.2) is 90.3 Å². The molecule has 3 aromatic carbocycles. The Labute approximate surface area is 227 Å². The van der Waals surface area contributed by atoms with Gasteiger partial charge in [0.15, 0.2) is 0 Å². The lowest BCUT2D eigenvalue weighted by Gasteiger charge is -2.30. The predicted octanol–water partition coefficient (Wildman–Crippen LogP) is 5.94. The molecule has 0 saturated carbocycles. The number of amides is 2. The minimum Gasteiger partial charge on any atom is -0.495 e. The number of anilines is 3. The highest BCUT2D eigenvalue weighted by Crippen LogP contribution is 2.38. The minimum absolute atomic E-state index is 0.288. The molecule has 1 aliphatic heterocycles. The topological polar surface area (TPSA) is 97.3 Å². The van der Waals surface area contributed by atoms with Gasteiger partial charge >= 0.3 is 0 Å². The molecule has 8 nitrogen and oxygen atoms in total. The number of benzene rings is 3. The van der Waals surface area contributed by atoms with E-state index >= 15 is 0 Å². The van der Waals surface area contributed by atoms with Crippen LogP contribution in [0.2, 0.25) is 0 Å². The Hall–Kier alpha value is -4.85. The number of nitrogens with one attached hydrogen (secondary N) is 3. The van der Waals surface area contributed by atoms with Gasteiger partial charge in [-0.3, -0.25) is 9.59 Å². The molecule has 0 fully saturated rings. The minimum atomic E-state index is -0.553. The molecule has 1 aliphatic rings. The van der Waals surface area contributed by atoms with E-state index in [0.29, 0.717) is 39.8 Å². The fourth-order valence-corrected chi connectivity index (χ4v) is 4.82. The summed E-state index contributed by atoms with van der Waals surface area (Å²) in [6.45, 7) is 5.91. The molecule has 0 bridgehead atoms. The van der Waals surface area contributed by atoms with Gasteiger partial charge in [0.25, 0.3) is 11.8 Å². The monoisotopic (exact) mass is 521 g/mol. The zero-order valence-corrected chi connectivity index (χ0v) is 22.4.